The van der Waals surface area contributed by atoms with Gasteiger partial charge in [0.05, 0.1) is 24.1 Å². The van der Waals surface area contributed by atoms with Crippen molar-refractivity contribution in [1.82, 2.24) is 0 Å². The number of carbonyl (C=O) groups is 2. The van der Waals surface area contributed by atoms with E-state index in [1.807, 2.05) is 19.9 Å². The minimum atomic E-state index is -0.523. The highest BCUT2D eigenvalue weighted by Gasteiger charge is 2.41. The highest BCUT2D eigenvalue weighted by atomic mass is 35.5. The highest BCUT2D eigenvalue weighted by molar-refractivity contribution is 6.46. The van der Waals surface area contributed by atoms with Gasteiger partial charge < -0.3 is 10.1 Å². The Morgan fingerprint density at radius 3 is 2.38 bits per heavy atom. The number of aryl methyl sites for hydroxylation is 1. The Labute approximate surface area is 190 Å². The normalized spacial score (nSPS) is 13.7. The number of benzene rings is 3. The van der Waals surface area contributed by atoms with Crippen LogP contribution in [-0.4, -0.2) is 18.9 Å². The molecule has 0 fully saturated rings. The summed E-state index contributed by atoms with van der Waals surface area (Å²) in [4.78, 5) is 28.2. The summed E-state index contributed by atoms with van der Waals surface area (Å²) in [6.45, 7) is 3.77. The molecule has 3 aromatic rings. The number of ether oxygens (including phenoxy) is 1. The highest BCUT2D eigenvalue weighted by Crippen LogP contribution is 2.37. The molecule has 0 aromatic heterocycles. The van der Waals surface area contributed by atoms with E-state index in [2.05, 4.69) is 5.32 Å². The number of carbonyl (C=O) groups excluding carboxylic acids is 2. The van der Waals surface area contributed by atoms with Gasteiger partial charge in [0.25, 0.3) is 11.8 Å². The Bertz CT molecular complexity index is 1270. The van der Waals surface area contributed by atoms with Gasteiger partial charge in [-0.15, -0.1) is 0 Å². The van der Waals surface area contributed by atoms with Crippen molar-refractivity contribution < 1.29 is 18.7 Å². The fraction of sp³-hybridized carbons (Fsp3) is 0.120. The van der Waals surface area contributed by atoms with Crippen LogP contribution in [0.1, 0.15) is 16.7 Å². The molecular weight excluding hydrogens is 431 g/mol. The first-order valence-corrected chi connectivity index (χ1v) is 10.3. The van der Waals surface area contributed by atoms with E-state index >= 15 is 0 Å². The van der Waals surface area contributed by atoms with Crippen LogP contribution in [0.2, 0.25) is 5.02 Å². The third kappa shape index (κ3) is 3.74. The van der Waals surface area contributed by atoms with Crippen LogP contribution in [0.4, 0.5) is 15.8 Å². The van der Waals surface area contributed by atoms with Crippen LogP contribution in [0.25, 0.3) is 5.57 Å². The summed E-state index contributed by atoms with van der Waals surface area (Å²) in [6, 6.07) is 15.8. The number of nitrogens with one attached hydrogen (secondary N) is 1. The lowest BCUT2D eigenvalue weighted by atomic mass is 10.0. The number of nitrogens with zero attached hydrogens (tertiary/aromatic N) is 1. The van der Waals surface area contributed by atoms with Crippen molar-refractivity contribution in [1.29, 1.82) is 0 Å². The number of hydrogen-bond acceptors (Lipinski definition) is 4. The average molecular weight is 451 g/mol. The van der Waals surface area contributed by atoms with E-state index in [1.54, 1.807) is 30.3 Å². The standard InChI is InChI=1S/C25H20ClFN2O3/c1-14-5-4-6-20(15(14)2)29-24(30)22(16-7-10-18(27)11-8-16)23(25(29)31)28-19-13-17(26)9-12-21(19)32-3/h4-13,28H,1-3H3. The minimum Gasteiger partial charge on any atom is -0.495 e. The third-order valence-electron chi connectivity index (χ3n) is 5.45. The molecular formula is C25H20ClFN2O3. The molecule has 2 amide bonds. The summed E-state index contributed by atoms with van der Waals surface area (Å²) in [5, 5.41) is 3.47. The predicted molar refractivity (Wildman–Crippen MR) is 123 cm³/mol. The van der Waals surface area contributed by atoms with Gasteiger partial charge in [-0.3, -0.25) is 9.59 Å². The molecule has 1 aliphatic rings. The summed E-state index contributed by atoms with van der Waals surface area (Å²) in [5.41, 5.74) is 3.30. The van der Waals surface area contributed by atoms with Gasteiger partial charge >= 0.3 is 0 Å². The smallest absolute Gasteiger partial charge is 0.282 e. The first-order chi connectivity index (χ1) is 15.3. The van der Waals surface area contributed by atoms with E-state index < -0.39 is 17.6 Å². The zero-order chi connectivity index (χ0) is 23.0. The first-order valence-electron chi connectivity index (χ1n) is 9.87. The van der Waals surface area contributed by atoms with E-state index in [9.17, 15) is 14.0 Å². The summed E-state index contributed by atoms with van der Waals surface area (Å²) < 4.78 is 18.9. The van der Waals surface area contributed by atoms with Gasteiger partial charge in [-0.1, -0.05) is 35.9 Å². The Hall–Kier alpha value is -3.64. The number of imide groups is 1. The molecule has 7 heteroatoms. The molecule has 4 rings (SSSR count). The van der Waals surface area contributed by atoms with E-state index in [0.717, 1.165) is 16.0 Å². The molecule has 0 bridgehead atoms. The molecule has 0 radical (unpaired) electrons. The number of methoxy groups -OCH3 is 1. The van der Waals surface area contributed by atoms with Crippen molar-refractivity contribution in [2.45, 2.75) is 13.8 Å². The predicted octanol–water partition coefficient (Wildman–Crippen LogP) is 5.50. The topological polar surface area (TPSA) is 58.6 Å². The molecule has 1 N–H and O–H groups in total. The maximum Gasteiger partial charge on any atom is 0.282 e. The van der Waals surface area contributed by atoms with Crippen LogP contribution in [0.3, 0.4) is 0 Å². The van der Waals surface area contributed by atoms with E-state index in [1.165, 1.54) is 31.4 Å². The van der Waals surface area contributed by atoms with Gasteiger partial charge in [-0.25, -0.2) is 9.29 Å². The molecule has 0 aliphatic carbocycles. The lowest BCUT2D eigenvalue weighted by Gasteiger charge is -2.19. The average Bonchev–Trinajstić information content (AvgIpc) is 3.01. The lowest BCUT2D eigenvalue weighted by molar-refractivity contribution is -0.120. The van der Waals surface area contributed by atoms with Crippen LogP contribution in [-0.2, 0) is 9.59 Å². The molecule has 162 valence electrons. The second kappa shape index (κ2) is 8.48. The molecule has 0 saturated carbocycles. The largest absolute Gasteiger partial charge is 0.495 e. The van der Waals surface area contributed by atoms with Crippen LogP contribution >= 0.6 is 11.6 Å². The van der Waals surface area contributed by atoms with Crippen LogP contribution in [0, 0.1) is 19.7 Å². The molecule has 5 nitrogen and oxygen atoms in total. The minimum absolute atomic E-state index is 0.0584. The maximum absolute atomic E-state index is 13.6. The first kappa shape index (κ1) is 21.6. The lowest BCUT2D eigenvalue weighted by Crippen LogP contribution is -2.33. The van der Waals surface area contributed by atoms with E-state index in [0.29, 0.717) is 27.7 Å². The molecule has 0 spiro atoms. The number of amides is 2. The van der Waals surface area contributed by atoms with Crippen LogP contribution in [0.15, 0.2) is 66.4 Å². The van der Waals surface area contributed by atoms with Crippen LogP contribution in [0.5, 0.6) is 5.75 Å². The third-order valence-corrected chi connectivity index (χ3v) is 5.69. The fourth-order valence-corrected chi connectivity index (χ4v) is 3.81. The monoisotopic (exact) mass is 450 g/mol. The van der Waals surface area contributed by atoms with Crippen molar-refractivity contribution in [3.8, 4) is 5.75 Å². The van der Waals surface area contributed by atoms with Crippen molar-refractivity contribution >= 4 is 40.4 Å². The molecule has 0 atom stereocenters. The van der Waals surface area contributed by atoms with Crippen LogP contribution < -0.4 is 15.0 Å². The summed E-state index contributed by atoms with van der Waals surface area (Å²) in [5.74, 6) is -1.02. The SMILES string of the molecule is COc1ccc(Cl)cc1NC1=C(c2ccc(F)cc2)C(=O)N(c2cccc(C)c2C)C1=O. The van der Waals surface area contributed by atoms with Gasteiger partial charge in [-0.2, -0.15) is 0 Å². The number of hydrogen-bond donors (Lipinski definition) is 1. The van der Waals surface area contributed by atoms with Crippen molar-refractivity contribution in [2.75, 3.05) is 17.3 Å². The summed E-state index contributed by atoms with van der Waals surface area (Å²) >= 11 is 6.14. The number of anilines is 2. The van der Waals surface area contributed by atoms with Crippen molar-refractivity contribution in [3.05, 3.63) is 93.9 Å². The fourth-order valence-electron chi connectivity index (χ4n) is 3.64. The number of rotatable bonds is 5. The molecule has 0 saturated heterocycles. The Morgan fingerprint density at radius 2 is 1.69 bits per heavy atom. The number of halogens is 2. The molecule has 1 aliphatic heterocycles. The molecule has 0 unspecified atom stereocenters. The van der Waals surface area contributed by atoms with Gasteiger partial charge in [0.2, 0.25) is 0 Å². The van der Waals surface area contributed by atoms with Gasteiger partial charge in [0, 0.05) is 5.02 Å². The van der Waals surface area contributed by atoms with Gasteiger partial charge in [0.1, 0.15) is 17.3 Å². The molecule has 1 heterocycles. The van der Waals surface area contributed by atoms with E-state index in [4.69, 9.17) is 16.3 Å². The summed E-state index contributed by atoms with van der Waals surface area (Å²) in [6.07, 6.45) is 0. The van der Waals surface area contributed by atoms with Gasteiger partial charge in [0.15, 0.2) is 0 Å². The second-order valence-corrected chi connectivity index (χ2v) is 7.83. The Morgan fingerprint density at radius 1 is 0.969 bits per heavy atom. The molecule has 3 aromatic carbocycles. The summed E-state index contributed by atoms with van der Waals surface area (Å²) in [7, 11) is 1.49. The Balaban J connectivity index is 1.88. The molecule has 32 heavy (non-hydrogen) atoms. The zero-order valence-electron chi connectivity index (χ0n) is 17.7. The Kier molecular flexibility index (Phi) is 5.72. The second-order valence-electron chi connectivity index (χ2n) is 7.39. The maximum atomic E-state index is 13.6. The van der Waals surface area contributed by atoms with Crippen molar-refractivity contribution in [2.24, 2.45) is 0 Å². The van der Waals surface area contributed by atoms with Crippen molar-refractivity contribution in [3.63, 3.8) is 0 Å². The zero-order valence-corrected chi connectivity index (χ0v) is 18.5. The van der Waals surface area contributed by atoms with E-state index in [-0.39, 0.29) is 11.3 Å². The quantitative estimate of drug-likeness (QED) is 0.521. The van der Waals surface area contributed by atoms with Gasteiger partial charge in [-0.05, 0) is 66.9 Å².